The summed E-state index contributed by atoms with van der Waals surface area (Å²) in [6.45, 7) is 7.50. The lowest BCUT2D eigenvalue weighted by Gasteiger charge is -2.26. The van der Waals surface area contributed by atoms with Crippen molar-refractivity contribution in [3.05, 3.63) is 71.5 Å². The third-order valence-electron chi connectivity index (χ3n) is 7.20. The largest absolute Gasteiger partial charge is 0.352 e. The van der Waals surface area contributed by atoms with E-state index in [9.17, 15) is 9.18 Å². The second-order valence-electron chi connectivity index (χ2n) is 9.74. The van der Waals surface area contributed by atoms with Crippen molar-refractivity contribution in [2.24, 2.45) is 17.8 Å². The number of rotatable bonds is 8. The van der Waals surface area contributed by atoms with E-state index in [1.54, 1.807) is 12.1 Å². The fraction of sp³-hybridized carbons (Fsp3) is 0.519. The van der Waals surface area contributed by atoms with Crippen LogP contribution < -0.4 is 5.32 Å². The van der Waals surface area contributed by atoms with Crippen molar-refractivity contribution < 1.29 is 9.18 Å². The Labute approximate surface area is 186 Å². The number of hydrogen-bond acceptors (Lipinski definition) is 2. The number of nitrogens with one attached hydrogen (secondary N) is 1. The molecule has 3 unspecified atom stereocenters. The summed E-state index contributed by atoms with van der Waals surface area (Å²) >= 11 is 0. The molecule has 4 heteroatoms. The highest BCUT2D eigenvalue weighted by Gasteiger charge is 2.43. The van der Waals surface area contributed by atoms with Crippen LogP contribution >= 0.6 is 0 Å². The predicted molar refractivity (Wildman–Crippen MR) is 123 cm³/mol. The van der Waals surface area contributed by atoms with Crippen molar-refractivity contribution in [3.8, 4) is 0 Å². The smallest absolute Gasteiger partial charge is 0.228 e. The molecule has 4 atom stereocenters. The minimum Gasteiger partial charge on any atom is -0.352 e. The molecule has 3 nitrogen and oxygen atoms in total. The van der Waals surface area contributed by atoms with E-state index in [0.29, 0.717) is 11.8 Å². The van der Waals surface area contributed by atoms with Crippen molar-refractivity contribution >= 4 is 5.91 Å². The first-order valence-corrected chi connectivity index (χ1v) is 11.8. The van der Waals surface area contributed by atoms with Crippen LogP contribution in [0, 0.1) is 23.6 Å². The standard InChI is InChI=1S/C27H35FN2O/c1-19(2)26(21-10-4-3-5-11-21)27(31)29-25-14-13-22-17-30(18-24(22)25)15-7-9-20-8-6-12-23(28)16-20/h3-6,8,10-12,16,19,22,24-26H,7,9,13-15,17-18H2,1-2H3,(H,29,31)/t22?,24-,25?,26?/m0/s1. The van der Waals surface area contributed by atoms with Crippen LogP contribution in [0.15, 0.2) is 54.6 Å². The summed E-state index contributed by atoms with van der Waals surface area (Å²) in [4.78, 5) is 15.8. The van der Waals surface area contributed by atoms with Gasteiger partial charge >= 0.3 is 0 Å². The molecule has 0 aromatic heterocycles. The third kappa shape index (κ3) is 5.35. The molecule has 1 heterocycles. The number of benzene rings is 2. The zero-order chi connectivity index (χ0) is 21.8. The van der Waals surface area contributed by atoms with E-state index < -0.39 is 0 Å². The van der Waals surface area contributed by atoms with Gasteiger partial charge in [-0.1, -0.05) is 56.3 Å². The monoisotopic (exact) mass is 422 g/mol. The summed E-state index contributed by atoms with van der Waals surface area (Å²) < 4.78 is 13.4. The number of fused-ring (bicyclic) bond motifs is 1. The topological polar surface area (TPSA) is 32.3 Å². The molecule has 1 N–H and O–H groups in total. The second-order valence-corrected chi connectivity index (χ2v) is 9.74. The van der Waals surface area contributed by atoms with E-state index in [1.807, 2.05) is 24.3 Å². The quantitative estimate of drug-likeness (QED) is 0.647. The first-order valence-electron chi connectivity index (χ1n) is 11.8. The molecule has 0 bridgehead atoms. The van der Waals surface area contributed by atoms with Crippen molar-refractivity contribution in [1.82, 2.24) is 10.2 Å². The Morgan fingerprint density at radius 1 is 1.10 bits per heavy atom. The van der Waals surface area contributed by atoms with E-state index in [2.05, 4.69) is 36.2 Å². The highest BCUT2D eigenvalue weighted by Crippen LogP contribution is 2.39. The van der Waals surface area contributed by atoms with Crippen molar-refractivity contribution in [2.75, 3.05) is 19.6 Å². The van der Waals surface area contributed by atoms with Crippen LogP contribution in [0.1, 0.15) is 50.2 Å². The number of carbonyl (C=O) groups excluding carboxylic acids is 1. The van der Waals surface area contributed by atoms with E-state index >= 15 is 0 Å². The van der Waals surface area contributed by atoms with Crippen LogP contribution in [-0.4, -0.2) is 36.5 Å². The Balaban J connectivity index is 1.30. The number of aryl methyl sites for hydroxylation is 1. The molecular formula is C27H35FN2O. The molecule has 166 valence electrons. The number of amides is 1. The van der Waals surface area contributed by atoms with Crippen LogP contribution in [0.5, 0.6) is 0 Å². The Morgan fingerprint density at radius 2 is 1.90 bits per heavy atom. The van der Waals surface area contributed by atoms with Gasteiger partial charge in [0.15, 0.2) is 0 Å². The van der Waals surface area contributed by atoms with Gasteiger partial charge in [0.2, 0.25) is 5.91 Å². The highest BCUT2D eigenvalue weighted by atomic mass is 19.1. The minimum absolute atomic E-state index is 0.0935. The van der Waals surface area contributed by atoms with Crippen LogP contribution in [0.2, 0.25) is 0 Å². The summed E-state index contributed by atoms with van der Waals surface area (Å²) in [6, 6.07) is 17.4. The van der Waals surface area contributed by atoms with Crippen LogP contribution in [0.4, 0.5) is 4.39 Å². The molecule has 0 radical (unpaired) electrons. The lowest BCUT2D eigenvalue weighted by molar-refractivity contribution is -0.124. The molecule has 1 saturated carbocycles. The SMILES string of the molecule is CC(C)C(C(=O)NC1CCC2CN(CCCc3cccc(F)c3)C[C@@H]21)c1ccccc1. The summed E-state index contributed by atoms with van der Waals surface area (Å²) in [7, 11) is 0. The molecule has 2 aliphatic rings. The maximum Gasteiger partial charge on any atom is 0.228 e. The van der Waals surface area contributed by atoms with Gasteiger partial charge in [-0.3, -0.25) is 4.79 Å². The minimum atomic E-state index is -0.151. The van der Waals surface area contributed by atoms with E-state index in [4.69, 9.17) is 0 Å². The van der Waals surface area contributed by atoms with Crippen molar-refractivity contribution in [1.29, 1.82) is 0 Å². The number of carbonyl (C=O) groups is 1. The second kappa shape index (κ2) is 9.95. The fourth-order valence-corrected chi connectivity index (χ4v) is 5.69. The molecule has 0 spiro atoms. The maximum atomic E-state index is 13.4. The first kappa shape index (κ1) is 22.0. The van der Waals surface area contributed by atoms with E-state index in [1.165, 1.54) is 12.5 Å². The lowest BCUT2D eigenvalue weighted by atomic mass is 9.87. The Kier molecular flexibility index (Phi) is 7.06. The average molecular weight is 423 g/mol. The van der Waals surface area contributed by atoms with Crippen molar-refractivity contribution in [3.63, 3.8) is 0 Å². The van der Waals surface area contributed by atoms with Crippen LogP contribution in [0.3, 0.4) is 0 Å². The van der Waals surface area contributed by atoms with Gasteiger partial charge < -0.3 is 10.2 Å². The van der Waals surface area contributed by atoms with Gasteiger partial charge in [0, 0.05) is 19.1 Å². The molecule has 31 heavy (non-hydrogen) atoms. The van der Waals surface area contributed by atoms with E-state index in [0.717, 1.165) is 50.0 Å². The molecule has 2 aromatic rings. The Hall–Kier alpha value is -2.20. The first-order chi connectivity index (χ1) is 15.0. The molecule has 1 aliphatic carbocycles. The Morgan fingerprint density at radius 3 is 2.65 bits per heavy atom. The fourth-order valence-electron chi connectivity index (χ4n) is 5.69. The normalized spacial score (nSPS) is 24.3. The average Bonchev–Trinajstić information content (AvgIpc) is 3.30. The van der Waals surface area contributed by atoms with Gasteiger partial charge in [-0.15, -0.1) is 0 Å². The van der Waals surface area contributed by atoms with Gasteiger partial charge in [0.25, 0.3) is 0 Å². The molecule has 2 aromatic carbocycles. The molecule has 4 rings (SSSR count). The molecule has 2 fully saturated rings. The molecule has 1 aliphatic heterocycles. The summed E-state index contributed by atoms with van der Waals surface area (Å²) in [5, 5.41) is 3.43. The van der Waals surface area contributed by atoms with Gasteiger partial charge in [-0.05, 0) is 73.2 Å². The van der Waals surface area contributed by atoms with Crippen LogP contribution in [0.25, 0.3) is 0 Å². The number of halogens is 1. The molecule has 1 saturated heterocycles. The lowest BCUT2D eigenvalue weighted by Crippen LogP contribution is -2.43. The van der Waals surface area contributed by atoms with Gasteiger partial charge in [-0.25, -0.2) is 4.39 Å². The molecule has 1 amide bonds. The zero-order valence-corrected chi connectivity index (χ0v) is 18.8. The predicted octanol–water partition coefficient (Wildman–Crippen LogP) is 5.02. The van der Waals surface area contributed by atoms with Gasteiger partial charge in [-0.2, -0.15) is 0 Å². The number of nitrogens with zero attached hydrogens (tertiary/aromatic N) is 1. The Bertz CT molecular complexity index is 869. The third-order valence-corrected chi connectivity index (χ3v) is 7.20. The maximum absolute atomic E-state index is 13.4. The summed E-state index contributed by atoms with van der Waals surface area (Å²) in [6.07, 6.45) is 4.26. The zero-order valence-electron chi connectivity index (χ0n) is 18.8. The van der Waals surface area contributed by atoms with Crippen molar-refractivity contribution in [2.45, 2.75) is 51.5 Å². The number of hydrogen-bond donors (Lipinski definition) is 1. The highest BCUT2D eigenvalue weighted by molar-refractivity contribution is 5.84. The summed E-state index contributed by atoms with van der Waals surface area (Å²) in [5.41, 5.74) is 2.18. The summed E-state index contributed by atoms with van der Waals surface area (Å²) in [5.74, 6) is 1.44. The molecular weight excluding hydrogens is 387 g/mol. The van der Waals surface area contributed by atoms with Crippen LogP contribution in [-0.2, 0) is 11.2 Å². The van der Waals surface area contributed by atoms with Gasteiger partial charge in [0.05, 0.1) is 5.92 Å². The van der Waals surface area contributed by atoms with Gasteiger partial charge in [0.1, 0.15) is 5.82 Å². The van der Waals surface area contributed by atoms with E-state index in [-0.39, 0.29) is 29.6 Å². The number of likely N-dealkylation sites (tertiary alicyclic amines) is 1.